The van der Waals surface area contributed by atoms with Crippen molar-refractivity contribution in [1.29, 1.82) is 0 Å². The van der Waals surface area contributed by atoms with Gasteiger partial charge in [-0.15, -0.1) is 11.3 Å². The molecule has 1 saturated heterocycles. The van der Waals surface area contributed by atoms with Crippen molar-refractivity contribution >= 4 is 27.1 Å². The predicted octanol–water partition coefficient (Wildman–Crippen LogP) is 3.29. The molecule has 1 aromatic carbocycles. The molecule has 1 fully saturated rings. The number of aromatic nitrogens is 1. The fourth-order valence-corrected chi connectivity index (χ4v) is 6.19. The van der Waals surface area contributed by atoms with Gasteiger partial charge in [0.05, 0.1) is 5.69 Å². The minimum absolute atomic E-state index is 0.0294. The van der Waals surface area contributed by atoms with E-state index in [4.69, 9.17) is 0 Å². The summed E-state index contributed by atoms with van der Waals surface area (Å²) in [6.07, 6.45) is 2.92. The fourth-order valence-electron chi connectivity index (χ4n) is 3.03. The topological polar surface area (TPSA) is 67.3 Å². The van der Waals surface area contributed by atoms with Crippen LogP contribution in [0.25, 0.3) is 0 Å². The van der Waals surface area contributed by atoms with E-state index in [9.17, 15) is 13.2 Å². The van der Waals surface area contributed by atoms with Gasteiger partial charge in [-0.1, -0.05) is 30.3 Å². The number of thiazole rings is 1. The summed E-state index contributed by atoms with van der Waals surface area (Å²) in [5, 5.41) is -1.23. The zero-order valence-corrected chi connectivity index (χ0v) is 16.1. The molecular weight excluding hydrogens is 356 g/mol. The summed E-state index contributed by atoms with van der Waals surface area (Å²) < 4.78 is 26.6. The molecular formula is C18H22N2O3S2. The maximum Gasteiger partial charge on any atom is 0.245 e. The Morgan fingerprint density at radius 3 is 2.32 bits per heavy atom. The van der Waals surface area contributed by atoms with Crippen LogP contribution in [-0.4, -0.2) is 37.3 Å². The smallest absolute Gasteiger partial charge is 0.245 e. The van der Waals surface area contributed by atoms with Crippen LogP contribution in [0.2, 0.25) is 0 Å². The van der Waals surface area contributed by atoms with Crippen LogP contribution < -0.4 is 0 Å². The largest absolute Gasteiger partial charge is 0.341 e. The molecule has 0 spiro atoms. The van der Waals surface area contributed by atoms with Crippen LogP contribution in [0.4, 0.5) is 0 Å². The third-order valence-corrected chi connectivity index (χ3v) is 8.04. The van der Waals surface area contributed by atoms with Crippen molar-refractivity contribution in [1.82, 2.24) is 9.88 Å². The highest BCUT2D eigenvalue weighted by molar-refractivity contribution is 7.94. The first-order valence-electron chi connectivity index (χ1n) is 8.43. The Labute approximate surface area is 152 Å². The van der Waals surface area contributed by atoms with Gasteiger partial charge in [0.15, 0.2) is 5.25 Å². The van der Waals surface area contributed by atoms with E-state index in [0.29, 0.717) is 24.3 Å². The molecule has 0 aliphatic carbocycles. The number of aryl methyl sites for hydroxylation is 2. The number of benzene rings is 1. The number of piperidine rings is 1. The van der Waals surface area contributed by atoms with Crippen molar-refractivity contribution < 1.29 is 13.2 Å². The molecule has 1 aliphatic rings. The number of likely N-dealkylation sites (tertiary alicyclic amines) is 1. The van der Waals surface area contributed by atoms with Crippen LogP contribution in [0, 0.1) is 13.8 Å². The van der Waals surface area contributed by atoms with E-state index in [-0.39, 0.29) is 10.2 Å². The molecule has 5 nitrogen and oxygen atoms in total. The van der Waals surface area contributed by atoms with Gasteiger partial charge in [-0.05, 0) is 38.7 Å². The normalized spacial score (nSPS) is 16.6. The highest BCUT2D eigenvalue weighted by atomic mass is 32.2. The van der Waals surface area contributed by atoms with Gasteiger partial charge in [-0.25, -0.2) is 13.4 Å². The monoisotopic (exact) mass is 378 g/mol. The van der Waals surface area contributed by atoms with Crippen molar-refractivity contribution in [2.75, 3.05) is 13.1 Å². The highest BCUT2D eigenvalue weighted by Gasteiger charge is 2.40. The van der Waals surface area contributed by atoms with Crippen molar-refractivity contribution in [3.8, 4) is 0 Å². The van der Waals surface area contributed by atoms with Crippen molar-refractivity contribution in [3.05, 3.63) is 46.5 Å². The Balaban J connectivity index is 2.06. The molecule has 0 radical (unpaired) electrons. The van der Waals surface area contributed by atoms with E-state index in [1.807, 2.05) is 13.0 Å². The van der Waals surface area contributed by atoms with E-state index in [2.05, 4.69) is 4.98 Å². The van der Waals surface area contributed by atoms with Gasteiger partial charge in [-0.3, -0.25) is 4.79 Å². The third kappa shape index (κ3) is 3.62. The van der Waals surface area contributed by atoms with Gasteiger partial charge in [0, 0.05) is 18.0 Å². The number of rotatable bonds is 4. The maximum absolute atomic E-state index is 13.3. The Morgan fingerprint density at radius 1 is 1.12 bits per heavy atom. The first-order chi connectivity index (χ1) is 11.9. The van der Waals surface area contributed by atoms with Gasteiger partial charge in [-0.2, -0.15) is 0 Å². The molecule has 2 heterocycles. The van der Waals surface area contributed by atoms with E-state index in [1.165, 1.54) is 0 Å². The van der Waals surface area contributed by atoms with Crippen LogP contribution in [0.5, 0.6) is 0 Å². The number of carbonyl (C=O) groups excluding carboxylic acids is 1. The molecule has 1 aromatic heterocycles. The Hall–Kier alpha value is -1.73. The summed E-state index contributed by atoms with van der Waals surface area (Å²) in [5.74, 6) is -0.337. The van der Waals surface area contributed by atoms with Crippen molar-refractivity contribution in [2.24, 2.45) is 0 Å². The lowest BCUT2D eigenvalue weighted by molar-refractivity contribution is -0.131. The zero-order valence-electron chi connectivity index (χ0n) is 14.4. The number of carbonyl (C=O) groups is 1. The Bertz CT molecular complexity index is 834. The van der Waals surface area contributed by atoms with E-state index in [1.54, 1.807) is 36.1 Å². The summed E-state index contributed by atoms with van der Waals surface area (Å²) in [6.45, 7) is 4.87. The number of sulfone groups is 1. The predicted molar refractivity (Wildman–Crippen MR) is 98.4 cm³/mol. The SMILES string of the molecule is Cc1nc(S(=O)(=O)[C@H](C(=O)N2CCCCC2)c2ccccc2)sc1C. The molecule has 1 atom stereocenters. The zero-order chi connectivity index (χ0) is 18.0. The highest BCUT2D eigenvalue weighted by Crippen LogP contribution is 2.34. The van der Waals surface area contributed by atoms with Crippen LogP contribution >= 0.6 is 11.3 Å². The average molecular weight is 379 g/mol. The summed E-state index contributed by atoms with van der Waals surface area (Å²) in [7, 11) is -3.89. The molecule has 1 aliphatic heterocycles. The second-order valence-corrected chi connectivity index (χ2v) is 9.75. The maximum atomic E-state index is 13.3. The molecule has 25 heavy (non-hydrogen) atoms. The molecule has 0 N–H and O–H groups in total. The summed E-state index contributed by atoms with van der Waals surface area (Å²) >= 11 is 1.14. The number of hydrogen-bond acceptors (Lipinski definition) is 5. The molecule has 7 heteroatoms. The van der Waals surface area contributed by atoms with E-state index < -0.39 is 15.1 Å². The second kappa shape index (κ2) is 7.25. The molecule has 1 amide bonds. The average Bonchev–Trinajstić information content (AvgIpc) is 2.96. The van der Waals surface area contributed by atoms with Crippen LogP contribution in [-0.2, 0) is 14.6 Å². The first-order valence-corrected chi connectivity index (χ1v) is 10.8. The molecule has 0 unspecified atom stereocenters. The summed E-state index contributed by atoms with van der Waals surface area (Å²) in [6, 6.07) is 8.75. The second-order valence-electron chi connectivity index (χ2n) is 6.34. The molecule has 0 saturated carbocycles. The van der Waals surface area contributed by atoms with Gasteiger partial charge < -0.3 is 4.90 Å². The number of amides is 1. The lowest BCUT2D eigenvalue weighted by Crippen LogP contribution is -2.41. The fraction of sp³-hybridized carbons (Fsp3) is 0.444. The minimum Gasteiger partial charge on any atom is -0.341 e. The van der Waals surface area contributed by atoms with Gasteiger partial charge in [0.2, 0.25) is 20.1 Å². The minimum atomic E-state index is -3.89. The quantitative estimate of drug-likeness (QED) is 0.819. The number of nitrogens with zero attached hydrogens (tertiary/aromatic N) is 2. The van der Waals surface area contributed by atoms with Crippen LogP contribution in [0.1, 0.15) is 40.6 Å². The lowest BCUT2D eigenvalue weighted by atomic mass is 10.1. The molecule has 2 aromatic rings. The van der Waals surface area contributed by atoms with Gasteiger partial charge in [0.25, 0.3) is 0 Å². The Morgan fingerprint density at radius 2 is 1.76 bits per heavy atom. The van der Waals surface area contributed by atoms with Crippen LogP contribution in [0.3, 0.4) is 0 Å². The summed E-state index contributed by atoms with van der Waals surface area (Å²) in [5.41, 5.74) is 1.20. The van der Waals surface area contributed by atoms with Crippen molar-refractivity contribution in [3.63, 3.8) is 0 Å². The number of hydrogen-bond donors (Lipinski definition) is 0. The van der Waals surface area contributed by atoms with Gasteiger partial charge >= 0.3 is 0 Å². The van der Waals surface area contributed by atoms with Crippen molar-refractivity contribution in [2.45, 2.75) is 42.7 Å². The Kier molecular flexibility index (Phi) is 5.24. The molecule has 0 bridgehead atoms. The van der Waals surface area contributed by atoms with Crippen LogP contribution in [0.15, 0.2) is 34.7 Å². The lowest BCUT2D eigenvalue weighted by Gasteiger charge is -2.30. The standard InChI is InChI=1S/C18H22N2O3S2/c1-13-14(2)24-18(19-13)25(22,23)16(15-9-5-3-6-10-15)17(21)20-11-7-4-8-12-20/h3,5-6,9-10,16H,4,7-8,11-12H2,1-2H3/t16-/m0/s1. The first kappa shape index (κ1) is 18.1. The van der Waals surface area contributed by atoms with Gasteiger partial charge in [0.1, 0.15) is 0 Å². The van der Waals surface area contributed by atoms with E-state index in [0.717, 1.165) is 35.5 Å². The van der Waals surface area contributed by atoms with E-state index >= 15 is 0 Å². The third-order valence-electron chi connectivity index (χ3n) is 4.56. The molecule has 134 valence electrons. The summed E-state index contributed by atoms with van der Waals surface area (Å²) in [4.78, 5) is 19.9. The molecule has 3 rings (SSSR count).